The number of nitrogens with zero attached hydrogens (tertiary/aromatic N) is 3. The molecule has 0 saturated carbocycles. The number of hydrogen-bond acceptors (Lipinski definition) is 5. The van der Waals surface area contributed by atoms with Crippen molar-refractivity contribution in [3.63, 3.8) is 0 Å². The first-order valence-electron chi connectivity index (χ1n) is 8.89. The molecule has 2 rings (SSSR count). The molecular weight excluding hydrogens is 362 g/mol. The molecule has 1 amide bonds. The van der Waals surface area contributed by atoms with Crippen molar-refractivity contribution in [2.24, 2.45) is 0 Å². The Morgan fingerprint density at radius 1 is 0.893 bits per heavy atom. The van der Waals surface area contributed by atoms with E-state index in [0.29, 0.717) is 0 Å². The van der Waals surface area contributed by atoms with Crippen molar-refractivity contribution in [3.8, 4) is 0 Å². The van der Waals surface area contributed by atoms with Crippen LogP contribution in [0.15, 0.2) is 36.4 Å². The fourth-order valence-electron chi connectivity index (χ4n) is 3.15. The van der Waals surface area contributed by atoms with Gasteiger partial charge in [0.25, 0.3) is 5.91 Å². The van der Waals surface area contributed by atoms with Gasteiger partial charge in [0.1, 0.15) is 0 Å². The summed E-state index contributed by atoms with van der Waals surface area (Å²) in [5.74, 6) is -0.140. The average molecular weight is 385 g/mol. The van der Waals surface area contributed by atoms with E-state index in [1.807, 2.05) is 45.9 Å². The number of anilines is 1. The van der Waals surface area contributed by atoms with Gasteiger partial charge in [-0.05, 0) is 29.0 Å². The van der Waals surface area contributed by atoms with Gasteiger partial charge in [0.05, 0.1) is 15.5 Å². The van der Waals surface area contributed by atoms with E-state index in [2.05, 4.69) is 0 Å². The first-order chi connectivity index (χ1) is 13.1. The Morgan fingerprint density at radius 3 is 1.82 bits per heavy atom. The number of benzene rings is 2. The summed E-state index contributed by atoms with van der Waals surface area (Å²) in [4.78, 5) is 35.1. The van der Waals surface area contributed by atoms with Crippen molar-refractivity contribution in [1.82, 2.24) is 0 Å². The molecular formula is C20H23N3O5. The molecule has 0 atom stereocenters. The minimum Gasteiger partial charge on any atom is -0.311 e. The molecule has 28 heavy (non-hydrogen) atoms. The van der Waals surface area contributed by atoms with Gasteiger partial charge in [-0.2, -0.15) is 0 Å². The third kappa shape index (κ3) is 4.00. The quantitative estimate of drug-likeness (QED) is 0.512. The van der Waals surface area contributed by atoms with Crippen LogP contribution in [-0.4, -0.2) is 22.8 Å². The zero-order valence-electron chi connectivity index (χ0n) is 16.5. The maximum Gasteiger partial charge on any atom is 0.346 e. The highest BCUT2D eigenvalue weighted by atomic mass is 16.6. The van der Waals surface area contributed by atoms with Crippen LogP contribution >= 0.6 is 0 Å². The highest BCUT2D eigenvalue weighted by Crippen LogP contribution is 2.36. The van der Waals surface area contributed by atoms with E-state index in [9.17, 15) is 25.0 Å². The lowest BCUT2D eigenvalue weighted by molar-refractivity contribution is -0.422. The molecule has 2 aromatic carbocycles. The summed E-state index contributed by atoms with van der Waals surface area (Å²) in [6.07, 6.45) is 0. The number of para-hydroxylation sites is 1. The van der Waals surface area contributed by atoms with Crippen LogP contribution in [0.1, 0.15) is 61.0 Å². The van der Waals surface area contributed by atoms with Crippen molar-refractivity contribution in [2.45, 2.75) is 39.5 Å². The zero-order valence-corrected chi connectivity index (χ0v) is 16.5. The van der Waals surface area contributed by atoms with E-state index < -0.39 is 27.1 Å². The van der Waals surface area contributed by atoms with Crippen molar-refractivity contribution in [3.05, 3.63) is 73.3 Å². The molecule has 8 nitrogen and oxygen atoms in total. The minimum absolute atomic E-state index is 0.0214. The maximum atomic E-state index is 13.1. The molecule has 0 aliphatic carbocycles. The fraction of sp³-hybridized carbons (Fsp3) is 0.350. The number of carbonyl (C=O) groups excluding carboxylic acids is 1. The van der Waals surface area contributed by atoms with E-state index in [1.165, 1.54) is 11.0 Å². The van der Waals surface area contributed by atoms with E-state index >= 15 is 0 Å². The Bertz CT molecular complexity index is 911. The summed E-state index contributed by atoms with van der Waals surface area (Å²) in [6.45, 7) is 8.10. The normalized spacial score (nSPS) is 11.0. The standard InChI is InChI=1S/C20H23N3O5/c1-12(2)15-7-6-8-16(13(3)4)19(15)21(5)20(24)14-9-10-17(22(25)26)18(11-14)23(27)28/h6-13H,1-5H3. The van der Waals surface area contributed by atoms with E-state index in [1.54, 1.807) is 7.05 Å². The smallest absolute Gasteiger partial charge is 0.311 e. The van der Waals surface area contributed by atoms with Gasteiger partial charge in [-0.25, -0.2) is 0 Å². The summed E-state index contributed by atoms with van der Waals surface area (Å²) < 4.78 is 0. The number of rotatable bonds is 6. The van der Waals surface area contributed by atoms with E-state index in [0.717, 1.165) is 28.9 Å². The summed E-state index contributed by atoms with van der Waals surface area (Å²) in [5, 5.41) is 22.2. The third-order valence-electron chi connectivity index (χ3n) is 4.60. The monoisotopic (exact) mass is 385 g/mol. The largest absolute Gasteiger partial charge is 0.346 e. The van der Waals surface area contributed by atoms with Gasteiger partial charge in [-0.1, -0.05) is 45.9 Å². The number of nitro groups is 2. The number of amides is 1. The summed E-state index contributed by atoms with van der Waals surface area (Å²) >= 11 is 0. The lowest BCUT2D eigenvalue weighted by Crippen LogP contribution is -2.29. The Hall–Kier alpha value is -3.29. The van der Waals surface area contributed by atoms with Gasteiger partial charge in [0, 0.05) is 24.7 Å². The van der Waals surface area contributed by atoms with Gasteiger partial charge in [0.2, 0.25) is 0 Å². The molecule has 0 N–H and O–H groups in total. The SMILES string of the molecule is CC(C)c1cccc(C(C)C)c1N(C)C(=O)c1ccc([N+](=O)[O-])c([N+](=O)[O-])c1. The maximum absolute atomic E-state index is 13.1. The van der Waals surface area contributed by atoms with Crippen LogP contribution < -0.4 is 4.90 Å². The molecule has 0 aliphatic rings. The second-order valence-electron chi connectivity index (χ2n) is 7.18. The molecule has 0 radical (unpaired) electrons. The predicted molar refractivity (Wildman–Crippen MR) is 107 cm³/mol. The molecule has 0 heterocycles. The average Bonchev–Trinajstić information content (AvgIpc) is 2.65. The Kier molecular flexibility index (Phi) is 6.12. The van der Waals surface area contributed by atoms with Gasteiger partial charge < -0.3 is 4.90 Å². The lowest BCUT2D eigenvalue weighted by atomic mass is 9.92. The molecule has 8 heteroatoms. The lowest BCUT2D eigenvalue weighted by Gasteiger charge is -2.27. The molecule has 0 aromatic heterocycles. The minimum atomic E-state index is -0.851. The van der Waals surface area contributed by atoms with Gasteiger partial charge in [-0.15, -0.1) is 0 Å². The van der Waals surface area contributed by atoms with Crippen LogP contribution in [0.25, 0.3) is 0 Å². The summed E-state index contributed by atoms with van der Waals surface area (Å²) in [7, 11) is 1.61. The molecule has 2 aromatic rings. The number of carbonyl (C=O) groups is 1. The molecule has 0 saturated heterocycles. The molecule has 0 fully saturated rings. The summed E-state index contributed by atoms with van der Waals surface area (Å²) in [5.41, 5.74) is 1.41. The predicted octanol–water partition coefficient (Wildman–Crippen LogP) is 5.03. The van der Waals surface area contributed by atoms with Gasteiger partial charge in [-0.3, -0.25) is 25.0 Å². The number of hydrogen-bond donors (Lipinski definition) is 0. The van der Waals surface area contributed by atoms with Crippen LogP contribution in [0, 0.1) is 20.2 Å². The van der Waals surface area contributed by atoms with E-state index in [4.69, 9.17) is 0 Å². The van der Waals surface area contributed by atoms with Crippen molar-refractivity contribution in [1.29, 1.82) is 0 Å². The summed E-state index contributed by atoms with van der Waals surface area (Å²) in [6, 6.07) is 9.06. The molecule has 0 spiro atoms. The third-order valence-corrected chi connectivity index (χ3v) is 4.60. The highest BCUT2D eigenvalue weighted by Gasteiger charge is 2.28. The first-order valence-corrected chi connectivity index (χ1v) is 8.89. The first kappa shape index (κ1) is 21.0. The van der Waals surface area contributed by atoms with Crippen molar-refractivity contribution >= 4 is 23.0 Å². The Balaban J connectivity index is 2.59. The topological polar surface area (TPSA) is 107 Å². The van der Waals surface area contributed by atoms with Crippen LogP contribution in [0.2, 0.25) is 0 Å². The van der Waals surface area contributed by atoms with Crippen LogP contribution in [-0.2, 0) is 0 Å². The fourth-order valence-corrected chi connectivity index (χ4v) is 3.15. The van der Waals surface area contributed by atoms with Gasteiger partial charge >= 0.3 is 11.4 Å². The van der Waals surface area contributed by atoms with E-state index in [-0.39, 0.29) is 17.4 Å². The highest BCUT2D eigenvalue weighted by molar-refractivity contribution is 6.07. The second kappa shape index (κ2) is 8.16. The van der Waals surface area contributed by atoms with Crippen LogP contribution in [0.3, 0.4) is 0 Å². The molecule has 0 bridgehead atoms. The molecule has 0 aliphatic heterocycles. The van der Waals surface area contributed by atoms with Gasteiger partial charge in [0.15, 0.2) is 0 Å². The molecule has 0 unspecified atom stereocenters. The zero-order chi connectivity index (χ0) is 21.2. The second-order valence-corrected chi connectivity index (χ2v) is 7.18. The Morgan fingerprint density at radius 2 is 1.39 bits per heavy atom. The molecule has 148 valence electrons. The van der Waals surface area contributed by atoms with Crippen LogP contribution in [0.5, 0.6) is 0 Å². The van der Waals surface area contributed by atoms with Crippen molar-refractivity contribution < 1.29 is 14.6 Å². The van der Waals surface area contributed by atoms with Crippen molar-refractivity contribution in [2.75, 3.05) is 11.9 Å². The van der Waals surface area contributed by atoms with Crippen LogP contribution in [0.4, 0.5) is 17.1 Å². The number of nitro benzene ring substituents is 2. The Labute approximate surface area is 163 Å².